The second kappa shape index (κ2) is 8.34. The molecule has 2 aliphatic rings. The van der Waals surface area contributed by atoms with Crippen molar-refractivity contribution in [2.45, 2.75) is 38.5 Å². The number of hydrogen-bond donors (Lipinski definition) is 1. The van der Waals surface area contributed by atoms with E-state index in [1.165, 1.54) is 25.7 Å². The van der Waals surface area contributed by atoms with Gasteiger partial charge in [0.1, 0.15) is 0 Å². The van der Waals surface area contributed by atoms with E-state index in [1.54, 1.807) is 29.2 Å². The Morgan fingerprint density at radius 1 is 0.923 bits per heavy atom. The van der Waals surface area contributed by atoms with Crippen molar-refractivity contribution in [1.82, 2.24) is 9.80 Å². The first-order chi connectivity index (χ1) is 12.5. The fourth-order valence-electron chi connectivity index (χ4n) is 3.95. The van der Waals surface area contributed by atoms with Crippen molar-refractivity contribution in [2.75, 3.05) is 26.2 Å². The molecule has 3 rings (SSSR count). The number of hydrogen-bond acceptors (Lipinski definition) is 3. The number of amides is 3. The second-order valence-electron chi connectivity index (χ2n) is 7.33. The molecule has 1 saturated carbocycles. The zero-order valence-electron chi connectivity index (χ0n) is 15.2. The van der Waals surface area contributed by atoms with Crippen LogP contribution in [0.3, 0.4) is 0 Å². The maximum absolute atomic E-state index is 12.8. The highest BCUT2D eigenvalue weighted by Crippen LogP contribution is 2.28. The third kappa shape index (κ3) is 4.42. The summed E-state index contributed by atoms with van der Waals surface area (Å²) in [5.41, 5.74) is 6.09. The average molecular weight is 357 g/mol. The third-order valence-corrected chi connectivity index (χ3v) is 5.47. The molecule has 1 heterocycles. The van der Waals surface area contributed by atoms with E-state index in [0.717, 1.165) is 6.42 Å². The summed E-state index contributed by atoms with van der Waals surface area (Å²) in [6.07, 6.45) is 6.24. The van der Waals surface area contributed by atoms with E-state index in [0.29, 0.717) is 49.6 Å². The maximum Gasteiger partial charge on any atom is 0.253 e. The summed E-state index contributed by atoms with van der Waals surface area (Å²) >= 11 is 0. The minimum Gasteiger partial charge on any atom is -0.366 e. The molecule has 1 aromatic rings. The Kier molecular flexibility index (Phi) is 5.91. The van der Waals surface area contributed by atoms with Gasteiger partial charge in [0.25, 0.3) is 5.91 Å². The fourth-order valence-corrected chi connectivity index (χ4v) is 3.95. The van der Waals surface area contributed by atoms with Gasteiger partial charge in [0, 0.05) is 43.7 Å². The van der Waals surface area contributed by atoms with Crippen molar-refractivity contribution in [3.05, 3.63) is 35.4 Å². The predicted octanol–water partition coefficient (Wildman–Crippen LogP) is 2.04. The summed E-state index contributed by atoms with van der Waals surface area (Å²) in [6.45, 7) is 2.42. The molecule has 0 atom stereocenters. The Morgan fingerprint density at radius 2 is 1.58 bits per heavy atom. The van der Waals surface area contributed by atoms with Gasteiger partial charge in [0.05, 0.1) is 0 Å². The quantitative estimate of drug-likeness (QED) is 0.895. The number of primary amides is 1. The van der Waals surface area contributed by atoms with E-state index in [1.807, 2.05) is 4.90 Å². The van der Waals surface area contributed by atoms with Crippen molar-refractivity contribution in [3.63, 3.8) is 0 Å². The highest BCUT2D eigenvalue weighted by atomic mass is 16.2. The largest absolute Gasteiger partial charge is 0.366 e. The molecule has 2 fully saturated rings. The lowest BCUT2D eigenvalue weighted by Gasteiger charge is -2.23. The van der Waals surface area contributed by atoms with Gasteiger partial charge in [-0.1, -0.05) is 18.9 Å². The van der Waals surface area contributed by atoms with Crippen molar-refractivity contribution in [2.24, 2.45) is 11.7 Å². The minimum absolute atomic E-state index is 0.113. The van der Waals surface area contributed by atoms with Crippen LogP contribution in [0.4, 0.5) is 0 Å². The number of nitrogens with zero attached hydrogens (tertiary/aromatic N) is 2. The van der Waals surface area contributed by atoms with Crippen LogP contribution in [0, 0.1) is 5.92 Å². The first-order valence-electron chi connectivity index (χ1n) is 9.51. The van der Waals surface area contributed by atoms with Crippen molar-refractivity contribution < 1.29 is 14.4 Å². The molecular formula is C20H27N3O3. The Morgan fingerprint density at radius 3 is 2.31 bits per heavy atom. The third-order valence-electron chi connectivity index (χ3n) is 5.47. The second-order valence-corrected chi connectivity index (χ2v) is 7.33. The van der Waals surface area contributed by atoms with Crippen molar-refractivity contribution in [3.8, 4) is 0 Å². The predicted molar refractivity (Wildman–Crippen MR) is 98.6 cm³/mol. The van der Waals surface area contributed by atoms with E-state index in [-0.39, 0.29) is 11.8 Å². The van der Waals surface area contributed by atoms with Gasteiger partial charge >= 0.3 is 0 Å². The molecule has 1 aromatic carbocycles. The molecule has 0 spiro atoms. The van der Waals surface area contributed by atoms with Crippen LogP contribution in [0.5, 0.6) is 0 Å². The zero-order valence-corrected chi connectivity index (χ0v) is 15.2. The van der Waals surface area contributed by atoms with E-state index in [9.17, 15) is 14.4 Å². The molecule has 1 saturated heterocycles. The fraction of sp³-hybridized carbons (Fsp3) is 0.550. The maximum atomic E-state index is 12.8. The van der Waals surface area contributed by atoms with Crippen LogP contribution >= 0.6 is 0 Å². The van der Waals surface area contributed by atoms with Gasteiger partial charge in [-0.3, -0.25) is 14.4 Å². The van der Waals surface area contributed by atoms with Crippen molar-refractivity contribution in [1.29, 1.82) is 0 Å². The van der Waals surface area contributed by atoms with Gasteiger partial charge < -0.3 is 15.5 Å². The molecule has 6 nitrogen and oxygen atoms in total. The number of rotatable bonds is 4. The molecule has 1 aliphatic heterocycles. The summed E-state index contributed by atoms with van der Waals surface area (Å²) in [5.74, 6) is 0.111. The average Bonchev–Trinajstić information content (AvgIpc) is 3.02. The van der Waals surface area contributed by atoms with Gasteiger partial charge in [-0.2, -0.15) is 0 Å². The van der Waals surface area contributed by atoms with Gasteiger partial charge in [0.15, 0.2) is 0 Å². The summed E-state index contributed by atoms with van der Waals surface area (Å²) in [6, 6.07) is 6.51. The van der Waals surface area contributed by atoms with Gasteiger partial charge in [-0.05, 0) is 43.4 Å². The van der Waals surface area contributed by atoms with E-state index in [4.69, 9.17) is 5.73 Å². The van der Waals surface area contributed by atoms with Crippen LogP contribution in [0.25, 0.3) is 0 Å². The van der Waals surface area contributed by atoms with Crippen LogP contribution in [-0.4, -0.2) is 53.7 Å². The number of carbonyl (C=O) groups excluding carboxylic acids is 3. The monoisotopic (exact) mass is 357 g/mol. The molecule has 26 heavy (non-hydrogen) atoms. The van der Waals surface area contributed by atoms with Gasteiger partial charge in [-0.15, -0.1) is 0 Å². The van der Waals surface area contributed by atoms with Crippen LogP contribution < -0.4 is 5.73 Å². The highest BCUT2D eigenvalue weighted by Gasteiger charge is 2.25. The molecule has 140 valence electrons. The molecule has 0 radical (unpaired) electrons. The molecule has 3 amide bonds. The Hall–Kier alpha value is -2.37. The molecule has 6 heteroatoms. The lowest BCUT2D eigenvalue weighted by Crippen LogP contribution is -2.37. The first-order valence-corrected chi connectivity index (χ1v) is 9.51. The normalized spacial score (nSPS) is 18.6. The minimum atomic E-state index is -0.542. The Balaban J connectivity index is 1.59. The smallest absolute Gasteiger partial charge is 0.253 e. The van der Waals surface area contributed by atoms with Crippen LogP contribution in [0.2, 0.25) is 0 Å². The molecule has 0 unspecified atom stereocenters. The summed E-state index contributed by atoms with van der Waals surface area (Å²) in [4.78, 5) is 40.3. The van der Waals surface area contributed by atoms with Gasteiger partial charge in [0.2, 0.25) is 11.8 Å². The standard InChI is InChI=1S/C20H27N3O3/c21-19(25)16-7-3-8-17(14-16)20(26)23-10-4-9-22(11-12-23)18(24)13-15-5-1-2-6-15/h3,7-8,14-15H,1-2,4-6,9-13H2,(H2,21,25). The summed E-state index contributed by atoms with van der Waals surface area (Å²) in [7, 11) is 0. The van der Waals surface area contributed by atoms with Crippen LogP contribution in [0.15, 0.2) is 24.3 Å². The number of benzene rings is 1. The number of carbonyl (C=O) groups is 3. The lowest BCUT2D eigenvalue weighted by atomic mass is 10.0. The van der Waals surface area contributed by atoms with Gasteiger partial charge in [-0.25, -0.2) is 0 Å². The molecular weight excluding hydrogens is 330 g/mol. The van der Waals surface area contributed by atoms with E-state index < -0.39 is 5.91 Å². The lowest BCUT2D eigenvalue weighted by molar-refractivity contribution is -0.132. The molecule has 0 bridgehead atoms. The van der Waals surface area contributed by atoms with E-state index >= 15 is 0 Å². The molecule has 0 aromatic heterocycles. The summed E-state index contributed by atoms with van der Waals surface area (Å²) in [5, 5.41) is 0. The molecule has 2 N–H and O–H groups in total. The van der Waals surface area contributed by atoms with E-state index in [2.05, 4.69) is 0 Å². The van der Waals surface area contributed by atoms with Crippen LogP contribution in [-0.2, 0) is 4.79 Å². The highest BCUT2D eigenvalue weighted by molar-refractivity contribution is 5.99. The summed E-state index contributed by atoms with van der Waals surface area (Å²) < 4.78 is 0. The van der Waals surface area contributed by atoms with Crippen molar-refractivity contribution >= 4 is 17.7 Å². The Labute approximate surface area is 154 Å². The SMILES string of the molecule is NC(=O)c1cccc(C(=O)N2CCCN(C(=O)CC3CCCC3)CC2)c1. The number of nitrogens with two attached hydrogens (primary N) is 1. The molecule has 1 aliphatic carbocycles. The van der Waals surface area contributed by atoms with Crippen LogP contribution in [0.1, 0.15) is 59.2 Å². The topological polar surface area (TPSA) is 83.7 Å². The zero-order chi connectivity index (χ0) is 18.5. The Bertz CT molecular complexity index is 683. The first kappa shape index (κ1) is 18.4.